The van der Waals surface area contributed by atoms with Crippen molar-refractivity contribution in [2.45, 2.75) is 19.0 Å². The summed E-state index contributed by atoms with van der Waals surface area (Å²) >= 11 is 0. The molecule has 2 aromatic carbocycles. The van der Waals surface area contributed by atoms with E-state index in [1.165, 1.54) is 0 Å². The maximum absolute atomic E-state index is 12.9. The molecule has 0 aliphatic carbocycles. The van der Waals surface area contributed by atoms with Gasteiger partial charge in [-0.2, -0.15) is 0 Å². The summed E-state index contributed by atoms with van der Waals surface area (Å²) < 4.78 is 7.77. The molecule has 0 radical (unpaired) electrons. The molecule has 3 amide bonds. The third kappa shape index (κ3) is 7.14. The van der Waals surface area contributed by atoms with Crippen molar-refractivity contribution in [3.8, 4) is 11.4 Å². The lowest BCUT2D eigenvalue weighted by Gasteiger charge is -2.28. The topological polar surface area (TPSA) is 111 Å². The van der Waals surface area contributed by atoms with Gasteiger partial charge in [0.05, 0.1) is 18.6 Å². The van der Waals surface area contributed by atoms with Crippen molar-refractivity contribution in [3.05, 3.63) is 66.4 Å². The maximum Gasteiger partial charge on any atom is 0.323 e. The highest BCUT2D eigenvalue weighted by Gasteiger charge is 2.28. The Bertz CT molecular complexity index is 1660. The average Bonchev–Trinajstić information content (AvgIpc) is 3.72. The third-order valence-electron chi connectivity index (χ3n) is 8.67. The second kappa shape index (κ2) is 13.9. The van der Waals surface area contributed by atoms with Gasteiger partial charge in [0.25, 0.3) is 5.91 Å². The fourth-order valence-electron chi connectivity index (χ4n) is 5.91. The van der Waals surface area contributed by atoms with Crippen LogP contribution in [0.3, 0.4) is 0 Å². The number of nitrogens with zero attached hydrogens (tertiary/aromatic N) is 7. The molecule has 4 heterocycles. The Hall–Kier alpha value is -4.52. The zero-order valence-corrected chi connectivity index (χ0v) is 27.1. The second-order valence-corrected chi connectivity index (χ2v) is 12.4. The van der Waals surface area contributed by atoms with E-state index in [1.54, 1.807) is 24.3 Å². The third-order valence-corrected chi connectivity index (χ3v) is 8.67. The predicted molar refractivity (Wildman–Crippen MR) is 182 cm³/mol. The number of carbonyl (C=O) groups is 2. The zero-order valence-electron chi connectivity index (χ0n) is 27.1. The van der Waals surface area contributed by atoms with E-state index < -0.39 is 0 Å². The van der Waals surface area contributed by atoms with Gasteiger partial charge in [-0.15, -0.1) is 0 Å². The van der Waals surface area contributed by atoms with E-state index in [1.807, 2.05) is 43.3 Å². The van der Waals surface area contributed by atoms with Gasteiger partial charge in [0.1, 0.15) is 11.5 Å². The number of likely N-dealkylation sites (tertiary alicyclic amines) is 1. The van der Waals surface area contributed by atoms with Crippen LogP contribution in [0.25, 0.3) is 22.4 Å². The number of urea groups is 1. The van der Waals surface area contributed by atoms with Gasteiger partial charge >= 0.3 is 6.03 Å². The van der Waals surface area contributed by atoms with Crippen molar-refractivity contribution in [2.75, 3.05) is 89.7 Å². The normalized spacial score (nSPS) is 16.9. The van der Waals surface area contributed by atoms with Gasteiger partial charge in [-0.25, -0.2) is 14.8 Å². The molecule has 2 saturated heterocycles. The number of morpholine rings is 1. The lowest BCUT2D eigenvalue weighted by atomic mass is 10.2. The van der Waals surface area contributed by atoms with Gasteiger partial charge in [-0.1, -0.05) is 0 Å². The molecular weight excluding hydrogens is 582 g/mol. The number of nitrogens with one attached hydrogen (secondary N) is 2. The van der Waals surface area contributed by atoms with Crippen LogP contribution in [0.15, 0.2) is 60.8 Å². The Morgan fingerprint density at radius 2 is 1.57 bits per heavy atom. The molecule has 2 fully saturated rings. The number of fused-ring (bicyclic) bond motifs is 1. The van der Waals surface area contributed by atoms with Crippen molar-refractivity contribution in [2.24, 2.45) is 0 Å². The second-order valence-electron chi connectivity index (χ2n) is 12.4. The number of anilines is 3. The average molecular weight is 626 g/mol. The smallest absolute Gasteiger partial charge is 0.323 e. The molecule has 12 heteroatoms. The molecule has 0 spiro atoms. The van der Waals surface area contributed by atoms with E-state index in [9.17, 15) is 9.59 Å². The summed E-state index contributed by atoms with van der Waals surface area (Å²) in [6.45, 7) is 6.10. The van der Waals surface area contributed by atoms with Gasteiger partial charge in [-0.3, -0.25) is 4.79 Å². The van der Waals surface area contributed by atoms with Crippen LogP contribution in [0, 0.1) is 0 Å². The summed E-state index contributed by atoms with van der Waals surface area (Å²) in [4.78, 5) is 44.2. The van der Waals surface area contributed by atoms with Crippen LogP contribution in [-0.2, 0) is 11.3 Å². The first-order valence-electron chi connectivity index (χ1n) is 15.8. The molecule has 2 aliphatic rings. The highest BCUT2D eigenvalue weighted by atomic mass is 16.5. The van der Waals surface area contributed by atoms with Crippen molar-refractivity contribution in [1.82, 2.24) is 29.2 Å². The summed E-state index contributed by atoms with van der Waals surface area (Å²) in [5.41, 5.74) is 3.62. The Morgan fingerprint density at radius 3 is 2.20 bits per heavy atom. The minimum Gasteiger partial charge on any atom is -0.378 e. The number of amides is 3. The Kier molecular flexibility index (Phi) is 9.48. The summed E-state index contributed by atoms with van der Waals surface area (Å²) in [7, 11) is 8.22. The molecule has 2 aliphatic heterocycles. The van der Waals surface area contributed by atoms with Crippen molar-refractivity contribution < 1.29 is 14.3 Å². The summed E-state index contributed by atoms with van der Waals surface area (Å²) in [5, 5.41) is 6.78. The lowest BCUT2D eigenvalue weighted by molar-refractivity contribution is 0.0783. The van der Waals surface area contributed by atoms with Gasteiger partial charge in [0.15, 0.2) is 5.82 Å². The minimum absolute atomic E-state index is 0.0161. The van der Waals surface area contributed by atoms with Crippen LogP contribution >= 0.6 is 0 Å². The molecule has 1 atom stereocenters. The Balaban J connectivity index is 1.12. The van der Waals surface area contributed by atoms with Crippen LogP contribution in [0.5, 0.6) is 0 Å². The number of ether oxygens (including phenoxy) is 1. The largest absolute Gasteiger partial charge is 0.378 e. The number of hydrogen-bond donors (Lipinski definition) is 2. The number of benzene rings is 2. The molecule has 12 nitrogen and oxygen atoms in total. The number of rotatable bonds is 9. The maximum atomic E-state index is 12.9. The van der Waals surface area contributed by atoms with Crippen molar-refractivity contribution >= 4 is 40.2 Å². The van der Waals surface area contributed by atoms with Crippen LogP contribution in [0.4, 0.5) is 22.0 Å². The molecule has 2 N–H and O–H groups in total. The standard InChI is InChI=1S/C34H43N9O3/c1-39(2)17-18-41-16-14-29-31(41)37-30(38-32(29)42-19-21-46-22-20-42)24-5-9-26(10-6-24)35-34(45)36-27-11-7-25(8-12-27)33(44)43-15-13-28(23-43)40(3)4/h5-12,14,16,28H,13,15,17-23H2,1-4H3,(H2,35,36,45). The Labute approximate surface area is 269 Å². The molecular formula is C34H43N9O3. The quantitative estimate of drug-likeness (QED) is 0.288. The first-order valence-corrected chi connectivity index (χ1v) is 15.8. The van der Waals surface area contributed by atoms with E-state index in [2.05, 4.69) is 56.3 Å². The minimum atomic E-state index is -0.369. The molecule has 2 aromatic heterocycles. The monoisotopic (exact) mass is 625 g/mol. The van der Waals surface area contributed by atoms with Crippen LogP contribution in [0.1, 0.15) is 16.8 Å². The van der Waals surface area contributed by atoms with E-state index in [0.717, 1.165) is 68.1 Å². The first kappa shape index (κ1) is 31.5. The van der Waals surface area contributed by atoms with Gasteiger partial charge in [-0.05, 0) is 89.2 Å². The van der Waals surface area contributed by atoms with Crippen LogP contribution in [-0.4, -0.2) is 121 Å². The molecule has 46 heavy (non-hydrogen) atoms. The zero-order chi connectivity index (χ0) is 32.2. The molecule has 0 bridgehead atoms. The SMILES string of the molecule is CN(C)CCn1ccc2c(N3CCOCC3)nc(-c3ccc(NC(=O)Nc4ccc(C(=O)N5CCC(N(C)C)C5)cc4)cc3)nc21. The lowest BCUT2D eigenvalue weighted by Crippen LogP contribution is -2.37. The fourth-order valence-corrected chi connectivity index (χ4v) is 5.91. The van der Waals surface area contributed by atoms with E-state index in [4.69, 9.17) is 14.7 Å². The summed E-state index contributed by atoms with van der Waals surface area (Å²) in [6.07, 6.45) is 3.06. The summed E-state index contributed by atoms with van der Waals surface area (Å²) in [5.74, 6) is 1.57. The van der Waals surface area contributed by atoms with Crippen molar-refractivity contribution in [3.63, 3.8) is 0 Å². The first-order chi connectivity index (χ1) is 22.2. The number of carbonyl (C=O) groups excluding carboxylic acids is 2. The molecule has 6 rings (SSSR count). The van der Waals surface area contributed by atoms with Gasteiger partial charge in [0, 0.05) is 74.0 Å². The predicted octanol–water partition coefficient (Wildman–Crippen LogP) is 3.92. The van der Waals surface area contributed by atoms with Crippen LogP contribution < -0.4 is 15.5 Å². The highest BCUT2D eigenvalue weighted by Crippen LogP contribution is 2.30. The van der Waals surface area contributed by atoms with Crippen LogP contribution in [0.2, 0.25) is 0 Å². The van der Waals surface area contributed by atoms with Crippen molar-refractivity contribution in [1.29, 1.82) is 0 Å². The van der Waals surface area contributed by atoms with E-state index in [0.29, 0.717) is 42.0 Å². The van der Waals surface area contributed by atoms with Gasteiger partial charge < -0.3 is 39.5 Å². The molecule has 242 valence electrons. The molecule has 4 aromatic rings. The number of hydrogen-bond acceptors (Lipinski definition) is 8. The highest BCUT2D eigenvalue weighted by molar-refractivity contribution is 6.00. The Morgan fingerprint density at radius 1 is 0.891 bits per heavy atom. The fraction of sp³-hybridized carbons (Fsp3) is 0.412. The summed E-state index contributed by atoms with van der Waals surface area (Å²) in [6, 6.07) is 16.7. The van der Waals surface area contributed by atoms with E-state index in [-0.39, 0.29) is 11.9 Å². The number of aromatic nitrogens is 3. The molecule has 1 unspecified atom stereocenters. The van der Waals surface area contributed by atoms with E-state index >= 15 is 0 Å². The number of likely N-dealkylation sites (N-methyl/N-ethyl adjacent to an activating group) is 2. The molecule has 0 saturated carbocycles. The van der Waals surface area contributed by atoms with Gasteiger partial charge in [0.2, 0.25) is 0 Å².